The number of hydrogen-bond donors (Lipinski definition) is 2. The summed E-state index contributed by atoms with van der Waals surface area (Å²) >= 11 is 0. The highest BCUT2D eigenvalue weighted by atomic mass is 32.2. The number of nitrogens with two attached hydrogens (primary N) is 1. The molecule has 0 radical (unpaired) electrons. The molecule has 1 heterocycles. The van der Waals surface area contributed by atoms with E-state index in [4.69, 9.17) is 5.73 Å². The van der Waals surface area contributed by atoms with E-state index >= 15 is 0 Å². The number of likely N-dealkylation sites (N-methyl/N-ethyl adjacent to an activating group) is 2. The quantitative estimate of drug-likeness (QED) is 0.634. The Hall–Kier alpha value is -1.16. The lowest BCUT2D eigenvalue weighted by Crippen LogP contribution is -2.55. The van der Waals surface area contributed by atoms with Gasteiger partial charge < -0.3 is 16.0 Å². The van der Waals surface area contributed by atoms with Gasteiger partial charge in [-0.2, -0.15) is 12.7 Å². The third-order valence-electron chi connectivity index (χ3n) is 3.07. The van der Waals surface area contributed by atoms with Crippen molar-refractivity contribution in [2.24, 2.45) is 5.73 Å². The maximum atomic E-state index is 12.1. The third-order valence-corrected chi connectivity index (χ3v) is 4.98. The van der Waals surface area contributed by atoms with Gasteiger partial charge in [-0.05, 0) is 21.0 Å². The molecule has 0 aromatic carbocycles. The summed E-state index contributed by atoms with van der Waals surface area (Å²) in [6, 6.07) is 0. The van der Waals surface area contributed by atoms with Crippen LogP contribution in [0.15, 0.2) is 11.8 Å². The normalized spacial score (nSPS) is 22.8. The van der Waals surface area contributed by atoms with Crippen LogP contribution in [0.4, 0.5) is 0 Å². The molecule has 0 aromatic heterocycles. The molecule has 1 amide bonds. The SMILES string of the molecule is CCN1C=C(C(=O)NCCN(C)C)C(N)N(C)S1(=O)=O. The van der Waals surface area contributed by atoms with Crippen LogP contribution in [0.1, 0.15) is 6.92 Å². The molecule has 116 valence electrons. The lowest BCUT2D eigenvalue weighted by Gasteiger charge is -2.35. The van der Waals surface area contributed by atoms with E-state index in [-0.39, 0.29) is 18.0 Å². The van der Waals surface area contributed by atoms with E-state index in [9.17, 15) is 13.2 Å². The van der Waals surface area contributed by atoms with E-state index in [0.717, 1.165) is 8.61 Å². The minimum atomic E-state index is -3.62. The smallest absolute Gasteiger partial charge is 0.304 e. The van der Waals surface area contributed by atoms with Crippen molar-refractivity contribution >= 4 is 16.1 Å². The van der Waals surface area contributed by atoms with Crippen molar-refractivity contribution < 1.29 is 13.2 Å². The lowest BCUT2D eigenvalue weighted by atomic mass is 10.2. The van der Waals surface area contributed by atoms with Crippen molar-refractivity contribution in [3.8, 4) is 0 Å². The predicted octanol–water partition coefficient (Wildman–Crippen LogP) is -1.65. The predicted molar refractivity (Wildman–Crippen MR) is 76.7 cm³/mol. The Morgan fingerprint density at radius 2 is 2.10 bits per heavy atom. The van der Waals surface area contributed by atoms with Crippen molar-refractivity contribution in [2.45, 2.75) is 13.1 Å². The highest BCUT2D eigenvalue weighted by molar-refractivity contribution is 7.86. The minimum Gasteiger partial charge on any atom is -0.351 e. The van der Waals surface area contributed by atoms with Crippen molar-refractivity contribution in [1.29, 1.82) is 0 Å². The molecule has 0 bridgehead atoms. The molecule has 9 heteroatoms. The van der Waals surface area contributed by atoms with E-state index in [0.29, 0.717) is 13.1 Å². The van der Waals surface area contributed by atoms with E-state index < -0.39 is 16.4 Å². The van der Waals surface area contributed by atoms with Crippen LogP contribution in [0.25, 0.3) is 0 Å². The number of amides is 1. The maximum Gasteiger partial charge on any atom is 0.304 e. The first-order valence-corrected chi connectivity index (χ1v) is 7.76. The number of hydrogen-bond acceptors (Lipinski definition) is 5. The van der Waals surface area contributed by atoms with Gasteiger partial charge in [-0.25, -0.2) is 0 Å². The molecule has 0 spiro atoms. The summed E-state index contributed by atoms with van der Waals surface area (Å²) in [6.07, 6.45) is 0.340. The van der Waals surface area contributed by atoms with Gasteiger partial charge in [0.15, 0.2) is 0 Å². The molecule has 1 rings (SSSR count). The summed E-state index contributed by atoms with van der Waals surface area (Å²) in [5, 5.41) is 2.73. The van der Waals surface area contributed by atoms with E-state index in [1.165, 1.54) is 13.2 Å². The van der Waals surface area contributed by atoms with Crippen LogP contribution in [0.3, 0.4) is 0 Å². The van der Waals surface area contributed by atoms with Crippen LogP contribution in [0.5, 0.6) is 0 Å². The van der Waals surface area contributed by atoms with Gasteiger partial charge in [-0.3, -0.25) is 9.10 Å². The van der Waals surface area contributed by atoms with Gasteiger partial charge >= 0.3 is 10.2 Å². The summed E-state index contributed by atoms with van der Waals surface area (Å²) in [6.45, 7) is 3.10. The van der Waals surface area contributed by atoms with Crippen molar-refractivity contribution in [1.82, 2.24) is 18.8 Å². The molecule has 1 atom stereocenters. The first-order valence-electron chi connectivity index (χ1n) is 6.36. The Bertz CT molecular complexity index is 488. The molecule has 1 aliphatic heterocycles. The fourth-order valence-corrected chi connectivity index (χ4v) is 3.05. The summed E-state index contributed by atoms with van der Waals surface area (Å²) < 4.78 is 26.1. The standard InChI is InChI=1S/C11H23N5O3S/c1-5-16-8-9(10(12)15(4)20(16,18)19)11(17)13-6-7-14(2)3/h8,10H,5-7,12H2,1-4H3,(H,13,17). The topological polar surface area (TPSA) is 99.0 Å². The molecule has 0 saturated carbocycles. The van der Waals surface area contributed by atoms with Crippen molar-refractivity contribution in [3.05, 3.63) is 11.8 Å². The molecule has 0 aliphatic carbocycles. The van der Waals surface area contributed by atoms with Crippen molar-refractivity contribution in [3.63, 3.8) is 0 Å². The average molecular weight is 305 g/mol. The Morgan fingerprint density at radius 3 is 2.60 bits per heavy atom. The Balaban J connectivity index is 2.88. The van der Waals surface area contributed by atoms with Crippen LogP contribution in [0.2, 0.25) is 0 Å². The molecule has 1 unspecified atom stereocenters. The number of nitrogens with one attached hydrogen (secondary N) is 1. The second kappa shape index (κ2) is 6.53. The zero-order valence-corrected chi connectivity index (χ0v) is 13.1. The van der Waals surface area contributed by atoms with E-state index in [1.807, 2.05) is 19.0 Å². The molecule has 1 aliphatic rings. The van der Waals surface area contributed by atoms with Crippen LogP contribution in [-0.2, 0) is 15.0 Å². The summed E-state index contributed by atoms with van der Waals surface area (Å²) in [5.74, 6) is -0.348. The first-order chi connectivity index (χ1) is 9.21. The largest absolute Gasteiger partial charge is 0.351 e. The highest BCUT2D eigenvalue weighted by Gasteiger charge is 2.37. The molecule has 0 aromatic rings. The van der Waals surface area contributed by atoms with Gasteiger partial charge in [0.25, 0.3) is 5.91 Å². The van der Waals surface area contributed by atoms with Gasteiger partial charge in [0.2, 0.25) is 0 Å². The lowest BCUT2D eigenvalue weighted by molar-refractivity contribution is -0.118. The van der Waals surface area contributed by atoms with Crippen molar-refractivity contribution in [2.75, 3.05) is 40.8 Å². The summed E-state index contributed by atoms with van der Waals surface area (Å²) in [4.78, 5) is 14.0. The Labute approximate surface area is 120 Å². The summed E-state index contributed by atoms with van der Waals surface area (Å²) in [7, 11) is 1.54. The number of carbonyl (C=O) groups is 1. The molecule has 0 saturated heterocycles. The zero-order chi connectivity index (χ0) is 15.5. The molecular formula is C11H23N5O3S. The van der Waals surface area contributed by atoms with E-state index in [2.05, 4.69) is 5.32 Å². The van der Waals surface area contributed by atoms with Gasteiger partial charge in [0, 0.05) is 32.9 Å². The highest BCUT2D eigenvalue weighted by Crippen LogP contribution is 2.20. The number of nitrogens with zero attached hydrogens (tertiary/aromatic N) is 3. The van der Waals surface area contributed by atoms with Gasteiger partial charge in [0.1, 0.15) is 6.17 Å². The molecule has 3 N–H and O–H groups in total. The molecule has 0 fully saturated rings. The summed E-state index contributed by atoms with van der Waals surface area (Å²) in [5.41, 5.74) is 6.07. The van der Waals surface area contributed by atoms with Crippen LogP contribution >= 0.6 is 0 Å². The molecular weight excluding hydrogens is 282 g/mol. The van der Waals surface area contributed by atoms with Gasteiger partial charge in [-0.15, -0.1) is 0 Å². The number of rotatable bonds is 5. The Kier molecular flexibility index (Phi) is 5.51. The van der Waals surface area contributed by atoms with E-state index in [1.54, 1.807) is 6.92 Å². The fraction of sp³-hybridized carbons (Fsp3) is 0.727. The minimum absolute atomic E-state index is 0.239. The second-order valence-electron chi connectivity index (χ2n) is 4.82. The first kappa shape index (κ1) is 16.9. The average Bonchev–Trinajstić information content (AvgIpc) is 2.36. The Morgan fingerprint density at radius 1 is 1.50 bits per heavy atom. The van der Waals surface area contributed by atoms with Crippen LogP contribution < -0.4 is 11.1 Å². The zero-order valence-electron chi connectivity index (χ0n) is 12.3. The van der Waals surface area contributed by atoms with Crippen LogP contribution in [0, 0.1) is 0 Å². The monoisotopic (exact) mass is 305 g/mol. The maximum absolute atomic E-state index is 12.1. The second-order valence-corrected chi connectivity index (χ2v) is 6.76. The third kappa shape index (κ3) is 3.48. The van der Waals surface area contributed by atoms with Gasteiger partial charge in [-0.1, -0.05) is 0 Å². The van der Waals surface area contributed by atoms with Gasteiger partial charge in [0.05, 0.1) is 5.57 Å². The fourth-order valence-electron chi connectivity index (χ4n) is 1.75. The molecule has 8 nitrogen and oxygen atoms in total. The number of carbonyl (C=O) groups excluding carboxylic acids is 1. The van der Waals surface area contributed by atoms with Crippen LogP contribution in [-0.4, -0.2) is 74.8 Å². The molecule has 20 heavy (non-hydrogen) atoms.